The van der Waals surface area contributed by atoms with E-state index >= 15 is 0 Å². The number of amides is 1. The first-order chi connectivity index (χ1) is 9.43. The number of hydrogen-bond acceptors (Lipinski definition) is 5. The second kappa shape index (κ2) is 7.02. The zero-order valence-corrected chi connectivity index (χ0v) is 12.1. The molecule has 112 valence electrons. The summed E-state index contributed by atoms with van der Waals surface area (Å²) < 4.78 is 4.91. The van der Waals surface area contributed by atoms with Gasteiger partial charge in [-0.05, 0) is 19.8 Å². The van der Waals surface area contributed by atoms with Crippen LogP contribution in [0.25, 0.3) is 0 Å². The second-order valence-corrected chi connectivity index (χ2v) is 4.80. The van der Waals surface area contributed by atoms with Gasteiger partial charge >= 0.3 is 5.97 Å². The highest BCUT2D eigenvalue weighted by Gasteiger charge is 2.35. The molecule has 1 amide bonds. The van der Waals surface area contributed by atoms with E-state index in [0.717, 1.165) is 0 Å². The summed E-state index contributed by atoms with van der Waals surface area (Å²) in [7, 11) is 0. The number of carbonyl (C=O) groups is 2. The molecule has 0 fully saturated rings. The molecule has 1 heterocycles. The Hall–Kier alpha value is -1.92. The van der Waals surface area contributed by atoms with Crippen LogP contribution in [-0.4, -0.2) is 33.7 Å². The first kappa shape index (κ1) is 16.1. The molecule has 0 saturated heterocycles. The van der Waals surface area contributed by atoms with E-state index in [-0.39, 0.29) is 18.9 Å². The summed E-state index contributed by atoms with van der Waals surface area (Å²) >= 11 is 0. The lowest BCUT2D eigenvalue weighted by Crippen LogP contribution is -2.42. The van der Waals surface area contributed by atoms with Gasteiger partial charge in [0, 0.05) is 19.4 Å². The fraction of sp³-hybridized carbons (Fsp3) is 0.692. The molecule has 0 atom stereocenters. The maximum atomic E-state index is 11.7. The highest BCUT2D eigenvalue weighted by atomic mass is 16.5. The van der Waals surface area contributed by atoms with Gasteiger partial charge in [-0.3, -0.25) is 9.59 Å². The summed E-state index contributed by atoms with van der Waals surface area (Å²) in [4.78, 5) is 27.0. The average molecular weight is 283 g/mol. The van der Waals surface area contributed by atoms with E-state index < -0.39 is 11.4 Å². The number of aliphatic carboxylic acids is 1. The summed E-state index contributed by atoms with van der Waals surface area (Å²) in [6.07, 6.45) is 1.50. The van der Waals surface area contributed by atoms with Gasteiger partial charge in [0.15, 0.2) is 5.82 Å². The molecule has 0 aliphatic rings. The van der Waals surface area contributed by atoms with E-state index in [2.05, 4.69) is 15.5 Å². The summed E-state index contributed by atoms with van der Waals surface area (Å²) in [6, 6.07) is 0. The zero-order chi connectivity index (χ0) is 15.2. The minimum Gasteiger partial charge on any atom is -0.481 e. The van der Waals surface area contributed by atoms with E-state index in [4.69, 9.17) is 4.52 Å². The average Bonchev–Trinajstić information content (AvgIpc) is 2.83. The second-order valence-electron chi connectivity index (χ2n) is 4.80. The molecule has 0 aliphatic heterocycles. The Morgan fingerprint density at radius 3 is 2.45 bits per heavy atom. The van der Waals surface area contributed by atoms with Crippen molar-refractivity contribution in [1.82, 2.24) is 15.5 Å². The minimum absolute atomic E-state index is 0.136. The predicted molar refractivity (Wildman–Crippen MR) is 71.0 cm³/mol. The number of carboxylic acids is 1. The topological polar surface area (TPSA) is 105 Å². The smallest absolute Gasteiger partial charge is 0.311 e. The number of aryl methyl sites for hydroxylation is 2. The maximum absolute atomic E-state index is 11.7. The van der Waals surface area contributed by atoms with E-state index in [1.807, 2.05) is 13.8 Å². The van der Waals surface area contributed by atoms with Crippen molar-refractivity contribution in [2.24, 2.45) is 5.41 Å². The molecular formula is C13H21N3O4. The van der Waals surface area contributed by atoms with Crippen LogP contribution in [0.15, 0.2) is 4.52 Å². The van der Waals surface area contributed by atoms with Crippen molar-refractivity contribution in [1.29, 1.82) is 0 Å². The lowest BCUT2D eigenvalue weighted by Gasteiger charge is -2.26. The zero-order valence-electron chi connectivity index (χ0n) is 12.1. The first-order valence-corrected chi connectivity index (χ1v) is 6.72. The number of rotatable bonds is 8. The van der Waals surface area contributed by atoms with Gasteiger partial charge in [-0.1, -0.05) is 19.0 Å². The molecule has 0 aliphatic carbocycles. The molecule has 0 radical (unpaired) electrons. The fourth-order valence-electron chi connectivity index (χ4n) is 1.90. The molecule has 1 aromatic heterocycles. The summed E-state index contributed by atoms with van der Waals surface area (Å²) in [5, 5.41) is 15.6. The fourth-order valence-corrected chi connectivity index (χ4v) is 1.90. The number of aromatic nitrogens is 2. The van der Waals surface area contributed by atoms with Gasteiger partial charge in [0.05, 0.1) is 5.41 Å². The Labute approximate surface area is 117 Å². The van der Waals surface area contributed by atoms with Crippen LogP contribution in [0.5, 0.6) is 0 Å². The van der Waals surface area contributed by atoms with Crippen molar-refractivity contribution < 1.29 is 19.2 Å². The Balaban J connectivity index is 2.44. The third-order valence-corrected chi connectivity index (χ3v) is 3.57. The number of carboxylic acid groups (broad SMARTS) is 1. The number of nitrogens with one attached hydrogen (secondary N) is 1. The van der Waals surface area contributed by atoms with Crippen molar-refractivity contribution >= 4 is 11.9 Å². The van der Waals surface area contributed by atoms with Gasteiger partial charge in [-0.15, -0.1) is 0 Å². The predicted octanol–water partition coefficient (Wildman–Crippen LogP) is 1.32. The van der Waals surface area contributed by atoms with Gasteiger partial charge in [0.2, 0.25) is 11.8 Å². The van der Waals surface area contributed by atoms with E-state index in [1.165, 1.54) is 0 Å². The molecule has 7 heteroatoms. The molecule has 1 aromatic rings. The summed E-state index contributed by atoms with van der Waals surface area (Å²) in [6.45, 7) is 5.46. The Kier molecular flexibility index (Phi) is 5.66. The van der Waals surface area contributed by atoms with Crippen LogP contribution in [-0.2, 0) is 16.0 Å². The lowest BCUT2D eigenvalue weighted by molar-refractivity contribution is -0.149. The summed E-state index contributed by atoms with van der Waals surface area (Å²) in [5.41, 5.74) is -0.892. The monoisotopic (exact) mass is 283 g/mol. The third kappa shape index (κ3) is 4.04. The standard InChI is InChI=1S/C13H21N3O4/c1-4-13(5-2,12(18)19)8-14-10(17)6-7-11-15-9(3)16-20-11/h4-8H2,1-3H3,(H,14,17)(H,18,19). The van der Waals surface area contributed by atoms with Crippen molar-refractivity contribution in [2.45, 2.75) is 46.5 Å². The van der Waals surface area contributed by atoms with Gasteiger partial charge in [-0.2, -0.15) is 4.98 Å². The van der Waals surface area contributed by atoms with Crippen LogP contribution < -0.4 is 5.32 Å². The molecule has 0 saturated carbocycles. The Morgan fingerprint density at radius 1 is 1.35 bits per heavy atom. The third-order valence-electron chi connectivity index (χ3n) is 3.57. The van der Waals surface area contributed by atoms with Crippen LogP contribution in [0.4, 0.5) is 0 Å². The molecule has 2 N–H and O–H groups in total. The number of carbonyl (C=O) groups excluding carboxylic acids is 1. The highest BCUT2D eigenvalue weighted by molar-refractivity contribution is 5.79. The number of hydrogen-bond donors (Lipinski definition) is 2. The van der Waals surface area contributed by atoms with Crippen molar-refractivity contribution in [3.8, 4) is 0 Å². The first-order valence-electron chi connectivity index (χ1n) is 6.72. The van der Waals surface area contributed by atoms with E-state index in [0.29, 0.717) is 31.0 Å². The van der Waals surface area contributed by atoms with Gasteiger partial charge in [-0.25, -0.2) is 0 Å². The molecule has 0 aromatic carbocycles. The van der Waals surface area contributed by atoms with Gasteiger partial charge in [0.25, 0.3) is 0 Å². The SMILES string of the molecule is CCC(CC)(CNC(=O)CCc1nc(C)no1)C(=O)O. The van der Waals surface area contributed by atoms with Crippen molar-refractivity contribution in [2.75, 3.05) is 6.54 Å². The quantitative estimate of drug-likeness (QED) is 0.745. The van der Waals surface area contributed by atoms with Crippen LogP contribution in [0.2, 0.25) is 0 Å². The maximum Gasteiger partial charge on any atom is 0.311 e. The summed E-state index contributed by atoms with van der Waals surface area (Å²) in [5.74, 6) is -0.154. The van der Waals surface area contributed by atoms with Crippen molar-refractivity contribution in [3.63, 3.8) is 0 Å². The minimum atomic E-state index is -0.892. The van der Waals surface area contributed by atoms with Crippen LogP contribution >= 0.6 is 0 Å². The Morgan fingerprint density at radius 2 is 2.00 bits per heavy atom. The molecule has 0 unspecified atom stereocenters. The molecule has 0 spiro atoms. The van der Waals surface area contributed by atoms with Crippen LogP contribution in [0.3, 0.4) is 0 Å². The Bertz CT molecular complexity index is 466. The van der Waals surface area contributed by atoms with Crippen LogP contribution in [0, 0.1) is 12.3 Å². The number of nitrogens with zero attached hydrogens (tertiary/aromatic N) is 2. The highest BCUT2D eigenvalue weighted by Crippen LogP contribution is 2.25. The normalized spacial score (nSPS) is 11.3. The van der Waals surface area contributed by atoms with E-state index in [9.17, 15) is 14.7 Å². The molecule has 20 heavy (non-hydrogen) atoms. The van der Waals surface area contributed by atoms with E-state index in [1.54, 1.807) is 6.92 Å². The van der Waals surface area contributed by atoms with Gasteiger partial charge in [0.1, 0.15) is 0 Å². The molecular weight excluding hydrogens is 262 g/mol. The van der Waals surface area contributed by atoms with Crippen LogP contribution in [0.1, 0.15) is 44.8 Å². The van der Waals surface area contributed by atoms with Gasteiger partial charge < -0.3 is 14.9 Å². The lowest BCUT2D eigenvalue weighted by atomic mass is 9.82. The molecule has 1 rings (SSSR count). The molecule has 0 bridgehead atoms. The van der Waals surface area contributed by atoms with Crippen molar-refractivity contribution in [3.05, 3.63) is 11.7 Å². The largest absolute Gasteiger partial charge is 0.481 e. The molecule has 7 nitrogen and oxygen atoms in total.